The highest BCUT2D eigenvalue weighted by Crippen LogP contribution is 2.22. The maximum atomic E-state index is 4.91. The van der Waals surface area contributed by atoms with Gasteiger partial charge in [-0.05, 0) is 12.1 Å². The lowest BCUT2D eigenvalue weighted by Gasteiger charge is -1.80. The number of aromatic nitrogens is 1. The first kappa shape index (κ1) is 7.13. The van der Waals surface area contributed by atoms with Gasteiger partial charge in [0, 0.05) is 0 Å². The smallest absolute Gasteiger partial charge is 0.105 e. The van der Waals surface area contributed by atoms with Crippen LogP contribution in [0.3, 0.4) is 0 Å². The summed E-state index contributed by atoms with van der Waals surface area (Å²) in [5, 5.41) is 1.04. The van der Waals surface area contributed by atoms with Crippen molar-refractivity contribution in [3.63, 3.8) is 0 Å². The minimum Gasteiger partial charge on any atom is -0.240 e. The highest BCUT2D eigenvalue weighted by molar-refractivity contribution is 7.79. The lowest BCUT2D eigenvalue weighted by Crippen LogP contribution is -1.70. The zero-order chi connectivity index (χ0) is 7.68. The predicted octanol–water partition coefficient (Wildman–Crippen LogP) is 2.99. The Bertz CT molecular complexity index is 334. The predicted molar refractivity (Wildman–Crippen MR) is 50.9 cm³/mol. The molecule has 11 heavy (non-hydrogen) atoms. The fourth-order valence-corrected chi connectivity index (χ4v) is 2.04. The molecule has 2 rings (SSSR count). The summed E-state index contributed by atoms with van der Waals surface area (Å²) < 4.78 is 1.23. The molecule has 0 aliphatic heterocycles. The van der Waals surface area contributed by atoms with Crippen molar-refractivity contribution in [1.82, 2.24) is 4.98 Å². The molecule has 3 heteroatoms. The summed E-state index contributed by atoms with van der Waals surface area (Å²) in [4.78, 5) is 4.35. The van der Waals surface area contributed by atoms with Crippen molar-refractivity contribution in [2.75, 3.05) is 0 Å². The van der Waals surface area contributed by atoms with E-state index in [4.69, 9.17) is 12.6 Å². The van der Waals surface area contributed by atoms with Crippen molar-refractivity contribution < 1.29 is 0 Å². The summed E-state index contributed by atoms with van der Waals surface area (Å²) in [6.07, 6.45) is 0. The molecule has 55 valence electrons. The molecule has 0 atom stereocenters. The SMILES string of the molecule is [S]Cc1nc2ccccc2s1. The van der Waals surface area contributed by atoms with Crippen molar-refractivity contribution in [2.24, 2.45) is 0 Å². The summed E-state index contributed by atoms with van der Waals surface area (Å²) in [5.41, 5.74) is 1.07. The summed E-state index contributed by atoms with van der Waals surface area (Å²) in [6, 6.07) is 8.10. The monoisotopic (exact) mass is 180 g/mol. The Hall–Kier alpha value is -0.540. The molecule has 0 aliphatic carbocycles. The van der Waals surface area contributed by atoms with E-state index in [0.717, 1.165) is 10.5 Å². The Morgan fingerprint density at radius 1 is 1.36 bits per heavy atom. The molecule has 1 radical (unpaired) electrons. The van der Waals surface area contributed by atoms with Crippen LogP contribution in [-0.2, 0) is 5.75 Å². The number of hydrogen-bond acceptors (Lipinski definition) is 2. The standard InChI is InChI=1S/C8H6NS2/c10-5-8-9-6-3-1-2-4-7(6)11-8/h1-4H,5H2. The number of nitrogens with zero attached hydrogens (tertiary/aromatic N) is 1. The minimum absolute atomic E-state index is 0.624. The zero-order valence-corrected chi connectivity index (χ0v) is 7.41. The summed E-state index contributed by atoms with van der Waals surface area (Å²) in [6.45, 7) is 0. The summed E-state index contributed by atoms with van der Waals surface area (Å²) >= 11 is 6.59. The maximum absolute atomic E-state index is 4.91. The largest absolute Gasteiger partial charge is 0.240 e. The van der Waals surface area contributed by atoms with Gasteiger partial charge in [-0.25, -0.2) is 4.98 Å². The fraction of sp³-hybridized carbons (Fsp3) is 0.125. The first-order chi connectivity index (χ1) is 5.40. The van der Waals surface area contributed by atoms with Gasteiger partial charge in [0.15, 0.2) is 0 Å². The number of rotatable bonds is 1. The van der Waals surface area contributed by atoms with E-state index in [0.29, 0.717) is 5.75 Å². The van der Waals surface area contributed by atoms with E-state index in [9.17, 15) is 0 Å². The second-order valence-corrected chi connectivity index (χ2v) is 3.62. The lowest BCUT2D eigenvalue weighted by atomic mass is 10.3. The van der Waals surface area contributed by atoms with Crippen LogP contribution in [0.25, 0.3) is 10.2 Å². The summed E-state index contributed by atoms with van der Waals surface area (Å²) in [7, 11) is 0. The van der Waals surface area contributed by atoms with Crippen molar-refractivity contribution in [2.45, 2.75) is 5.75 Å². The number of benzene rings is 1. The van der Waals surface area contributed by atoms with Gasteiger partial charge in [0.05, 0.1) is 16.0 Å². The molecular formula is C8H6NS2. The molecule has 1 nitrogen and oxygen atoms in total. The molecule has 0 saturated heterocycles. The number of hydrogen-bond donors (Lipinski definition) is 0. The molecule has 0 amide bonds. The molecule has 0 saturated carbocycles. The average molecular weight is 180 g/mol. The third kappa shape index (κ3) is 1.26. The maximum Gasteiger partial charge on any atom is 0.105 e. The van der Waals surface area contributed by atoms with Crippen LogP contribution in [0.5, 0.6) is 0 Å². The molecule has 0 fully saturated rings. The van der Waals surface area contributed by atoms with Gasteiger partial charge in [-0.2, -0.15) is 0 Å². The molecule has 0 N–H and O–H groups in total. The Kier molecular flexibility index (Phi) is 1.84. The first-order valence-corrected chi connectivity index (χ1v) is 4.72. The Morgan fingerprint density at radius 3 is 2.91 bits per heavy atom. The molecule has 1 aromatic carbocycles. The van der Waals surface area contributed by atoms with Gasteiger partial charge in [-0.1, -0.05) is 24.8 Å². The second kappa shape index (κ2) is 2.83. The van der Waals surface area contributed by atoms with Gasteiger partial charge in [-0.15, -0.1) is 11.3 Å². The van der Waals surface area contributed by atoms with Crippen LogP contribution in [-0.4, -0.2) is 4.98 Å². The van der Waals surface area contributed by atoms with Crippen LogP contribution in [0.1, 0.15) is 5.01 Å². The minimum atomic E-state index is 0.624. The Morgan fingerprint density at radius 2 is 2.18 bits per heavy atom. The number of para-hydroxylation sites is 1. The second-order valence-electron chi connectivity index (χ2n) is 2.22. The van der Waals surface area contributed by atoms with Crippen LogP contribution in [0.4, 0.5) is 0 Å². The molecule has 0 spiro atoms. The molecule has 2 aromatic rings. The third-order valence-corrected chi connectivity index (χ3v) is 2.95. The zero-order valence-electron chi connectivity index (χ0n) is 5.78. The lowest BCUT2D eigenvalue weighted by molar-refractivity contribution is 1.32. The van der Waals surface area contributed by atoms with E-state index in [2.05, 4.69) is 11.1 Å². The Labute approximate surface area is 74.5 Å². The molecular weight excluding hydrogens is 174 g/mol. The van der Waals surface area contributed by atoms with E-state index in [1.165, 1.54) is 4.70 Å². The third-order valence-electron chi connectivity index (χ3n) is 1.46. The van der Waals surface area contributed by atoms with Crippen molar-refractivity contribution in [3.05, 3.63) is 29.3 Å². The summed E-state index contributed by atoms with van der Waals surface area (Å²) in [5.74, 6) is 0.624. The van der Waals surface area contributed by atoms with Gasteiger partial charge < -0.3 is 0 Å². The van der Waals surface area contributed by atoms with Crippen LogP contribution in [0.15, 0.2) is 24.3 Å². The van der Waals surface area contributed by atoms with Gasteiger partial charge in [0.25, 0.3) is 0 Å². The van der Waals surface area contributed by atoms with E-state index in [1.807, 2.05) is 18.2 Å². The van der Waals surface area contributed by atoms with Crippen LogP contribution in [0, 0.1) is 0 Å². The van der Waals surface area contributed by atoms with Crippen molar-refractivity contribution in [3.8, 4) is 0 Å². The fourth-order valence-electron chi connectivity index (χ4n) is 0.982. The topological polar surface area (TPSA) is 12.9 Å². The van der Waals surface area contributed by atoms with Crippen LogP contribution < -0.4 is 0 Å². The highest BCUT2D eigenvalue weighted by Gasteiger charge is 1.99. The van der Waals surface area contributed by atoms with E-state index < -0.39 is 0 Å². The van der Waals surface area contributed by atoms with Crippen molar-refractivity contribution in [1.29, 1.82) is 0 Å². The van der Waals surface area contributed by atoms with Crippen molar-refractivity contribution >= 4 is 34.2 Å². The molecule has 0 bridgehead atoms. The van der Waals surface area contributed by atoms with E-state index in [-0.39, 0.29) is 0 Å². The van der Waals surface area contributed by atoms with Crippen LogP contribution >= 0.6 is 24.0 Å². The van der Waals surface area contributed by atoms with Gasteiger partial charge >= 0.3 is 0 Å². The number of fused-ring (bicyclic) bond motifs is 1. The van der Waals surface area contributed by atoms with Gasteiger partial charge in [-0.3, -0.25) is 0 Å². The normalized spacial score (nSPS) is 10.6. The van der Waals surface area contributed by atoms with Gasteiger partial charge in [0.2, 0.25) is 0 Å². The molecule has 1 aromatic heterocycles. The average Bonchev–Trinajstić information content (AvgIpc) is 2.46. The molecule has 0 unspecified atom stereocenters. The molecule has 1 heterocycles. The quantitative estimate of drug-likeness (QED) is 0.657. The van der Waals surface area contributed by atoms with E-state index >= 15 is 0 Å². The number of thiazole rings is 1. The van der Waals surface area contributed by atoms with E-state index in [1.54, 1.807) is 11.3 Å². The van der Waals surface area contributed by atoms with Gasteiger partial charge in [0.1, 0.15) is 5.01 Å². The highest BCUT2D eigenvalue weighted by atomic mass is 32.1. The van der Waals surface area contributed by atoms with Crippen LogP contribution in [0.2, 0.25) is 0 Å². The molecule has 0 aliphatic rings. The first-order valence-electron chi connectivity index (χ1n) is 3.33. The Balaban J connectivity index is 2.69.